The van der Waals surface area contributed by atoms with Gasteiger partial charge in [-0.15, -0.1) is 0 Å². The molecule has 0 bridgehead atoms. The highest BCUT2D eigenvalue weighted by Gasteiger charge is 2.15. The summed E-state index contributed by atoms with van der Waals surface area (Å²) in [6.07, 6.45) is 1.45. The first kappa shape index (κ1) is 17.0. The molecule has 24 heavy (non-hydrogen) atoms. The zero-order chi connectivity index (χ0) is 17.5. The second kappa shape index (κ2) is 7.77. The van der Waals surface area contributed by atoms with E-state index in [-0.39, 0.29) is 17.8 Å². The Morgan fingerprint density at radius 2 is 2.04 bits per heavy atom. The Morgan fingerprint density at radius 3 is 2.71 bits per heavy atom. The average molecular weight is 335 g/mol. The van der Waals surface area contributed by atoms with E-state index in [2.05, 4.69) is 5.32 Å². The van der Waals surface area contributed by atoms with E-state index in [4.69, 9.17) is 14.9 Å². The van der Waals surface area contributed by atoms with Crippen molar-refractivity contribution >= 4 is 23.6 Å². The molecule has 0 saturated carbocycles. The van der Waals surface area contributed by atoms with E-state index in [1.165, 1.54) is 6.26 Å². The fourth-order valence-corrected chi connectivity index (χ4v) is 1.72. The van der Waals surface area contributed by atoms with Crippen LogP contribution in [0.2, 0.25) is 0 Å². The Balaban J connectivity index is 1.75. The molecule has 0 aliphatic rings. The number of imide groups is 1. The normalized spacial score (nSPS) is 10.0. The van der Waals surface area contributed by atoms with Crippen LogP contribution < -0.4 is 16.4 Å². The number of ether oxygens (including phenoxy) is 1. The molecule has 2 rings (SSSR count). The number of halogens is 1. The van der Waals surface area contributed by atoms with Crippen molar-refractivity contribution < 1.29 is 27.9 Å². The summed E-state index contributed by atoms with van der Waals surface area (Å²) < 4.78 is 22.6. The van der Waals surface area contributed by atoms with Crippen LogP contribution in [0.4, 0.5) is 14.9 Å². The molecule has 1 heterocycles. The third kappa shape index (κ3) is 4.83. The molecule has 0 fully saturated rings. The van der Waals surface area contributed by atoms with Gasteiger partial charge in [0.05, 0.1) is 18.4 Å². The monoisotopic (exact) mass is 335 g/mol. The van der Waals surface area contributed by atoms with E-state index in [1.54, 1.807) is 12.1 Å². The lowest BCUT2D eigenvalue weighted by atomic mass is 10.2. The van der Waals surface area contributed by atoms with Crippen LogP contribution in [-0.4, -0.2) is 24.5 Å². The van der Waals surface area contributed by atoms with Gasteiger partial charge in [0, 0.05) is 5.69 Å². The number of benzene rings is 1. The number of furan rings is 1. The van der Waals surface area contributed by atoms with Gasteiger partial charge in [-0.2, -0.15) is 0 Å². The first-order valence-corrected chi connectivity index (χ1v) is 6.78. The highest BCUT2D eigenvalue weighted by atomic mass is 19.1. The maximum Gasteiger partial charge on any atom is 0.340 e. The zero-order valence-electron chi connectivity index (χ0n) is 12.4. The van der Waals surface area contributed by atoms with Gasteiger partial charge in [0.2, 0.25) is 0 Å². The molecule has 126 valence electrons. The number of carbonyl (C=O) groups is 3. The zero-order valence-corrected chi connectivity index (χ0v) is 12.4. The quantitative estimate of drug-likeness (QED) is 0.557. The van der Waals surface area contributed by atoms with Crippen LogP contribution in [0.25, 0.3) is 0 Å². The van der Waals surface area contributed by atoms with Gasteiger partial charge in [0.25, 0.3) is 5.91 Å². The van der Waals surface area contributed by atoms with Gasteiger partial charge in [0.1, 0.15) is 11.6 Å². The average Bonchev–Trinajstić information content (AvgIpc) is 3.04. The summed E-state index contributed by atoms with van der Waals surface area (Å²) in [5.74, 6) is -1.83. The van der Waals surface area contributed by atoms with Crippen LogP contribution in [0.15, 0.2) is 41.0 Å². The molecule has 1 aromatic heterocycles. The number of nitrogens with one attached hydrogen (secondary N) is 2. The summed E-state index contributed by atoms with van der Waals surface area (Å²) in [4.78, 5) is 34.7. The van der Waals surface area contributed by atoms with E-state index in [9.17, 15) is 18.8 Å². The SMILES string of the molecule is Nc1cc(F)ccc1C(=O)OCC(=O)NC(=O)NCc1ccco1. The van der Waals surface area contributed by atoms with Crippen molar-refractivity contribution in [2.24, 2.45) is 0 Å². The van der Waals surface area contributed by atoms with Gasteiger partial charge < -0.3 is 20.2 Å². The van der Waals surface area contributed by atoms with Crippen LogP contribution in [-0.2, 0) is 16.1 Å². The van der Waals surface area contributed by atoms with Crippen LogP contribution in [0, 0.1) is 5.82 Å². The Bertz CT molecular complexity index is 746. The molecule has 0 saturated heterocycles. The van der Waals surface area contributed by atoms with Crippen LogP contribution in [0.5, 0.6) is 0 Å². The second-order valence-corrected chi connectivity index (χ2v) is 4.62. The maximum absolute atomic E-state index is 12.9. The third-order valence-electron chi connectivity index (χ3n) is 2.82. The predicted octanol–water partition coefficient (Wildman–Crippen LogP) is 1.18. The van der Waals surface area contributed by atoms with Crippen molar-refractivity contribution in [3.63, 3.8) is 0 Å². The van der Waals surface area contributed by atoms with Crippen molar-refractivity contribution in [1.29, 1.82) is 0 Å². The van der Waals surface area contributed by atoms with Crippen LogP contribution in [0.1, 0.15) is 16.1 Å². The smallest absolute Gasteiger partial charge is 0.340 e. The Labute approximate surface area is 135 Å². The number of nitrogens with two attached hydrogens (primary N) is 1. The molecule has 2 aromatic rings. The lowest BCUT2D eigenvalue weighted by Crippen LogP contribution is -2.41. The van der Waals surface area contributed by atoms with Crippen molar-refractivity contribution in [3.05, 3.63) is 53.7 Å². The molecule has 4 N–H and O–H groups in total. The number of nitrogen functional groups attached to an aromatic ring is 1. The first-order valence-electron chi connectivity index (χ1n) is 6.78. The van der Waals surface area contributed by atoms with Crippen molar-refractivity contribution in [3.8, 4) is 0 Å². The maximum atomic E-state index is 12.9. The Kier molecular flexibility index (Phi) is 5.50. The molecule has 1 aromatic carbocycles. The molecule has 0 atom stereocenters. The summed E-state index contributed by atoms with van der Waals surface area (Å²) in [5.41, 5.74) is 5.29. The summed E-state index contributed by atoms with van der Waals surface area (Å²) in [6.45, 7) is -0.595. The fourth-order valence-electron chi connectivity index (χ4n) is 1.72. The minimum absolute atomic E-state index is 0.0773. The van der Waals surface area contributed by atoms with Gasteiger partial charge >= 0.3 is 12.0 Å². The molecule has 0 unspecified atom stereocenters. The molecular weight excluding hydrogens is 321 g/mol. The second-order valence-electron chi connectivity index (χ2n) is 4.62. The third-order valence-corrected chi connectivity index (χ3v) is 2.82. The molecule has 0 spiro atoms. The number of carbonyl (C=O) groups excluding carboxylic acids is 3. The molecule has 8 nitrogen and oxygen atoms in total. The summed E-state index contributed by atoms with van der Waals surface area (Å²) in [5, 5.41) is 4.36. The lowest BCUT2D eigenvalue weighted by Gasteiger charge is -2.08. The first-order chi connectivity index (χ1) is 11.5. The van der Waals surface area contributed by atoms with E-state index >= 15 is 0 Å². The van der Waals surface area contributed by atoms with E-state index in [0.717, 1.165) is 18.2 Å². The van der Waals surface area contributed by atoms with Gasteiger partial charge in [-0.05, 0) is 30.3 Å². The lowest BCUT2D eigenvalue weighted by molar-refractivity contribution is -0.123. The van der Waals surface area contributed by atoms with Crippen molar-refractivity contribution in [2.45, 2.75) is 6.54 Å². The Morgan fingerprint density at radius 1 is 1.25 bits per heavy atom. The van der Waals surface area contributed by atoms with Crippen molar-refractivity contribution in [1.82, 2.24) is 10.6 Å². The minimum Gasteiger partial charge on any atom is -0.467 e. The number of hydrogen-bond acceptors (Lipinski definition) is 6. The van der Waals surface area contributed by atoms with E-state index < -0.39 is 30.3 Å². The molecule has 9 heteroatoms. The summed E-state index contributed by atoms with van der Waals surface area (Å²) in [6, 6.07) is 5.67. The predicted molar refractivity (Wildman–Crippen MR) is 80.2 cm³/mol. The highest BCUT2D eigenvalue weighted by molar-refractivity contribution is 5.98. The number of anilines is 1. The van der Waals surface area contributed by atoms with Gasteiger partial charge in [0.15, 0.2) is 6.61 Å². The highest BCUT2D eigenvalue weighted by Crippen LogP contribution is 2.14. The number of amides is 3. The van der Waals surface area contributed by atoms with Gasteiger partial charge in [-0.25, -0.2) is 14.0 Å². The number of urea groups is 1. The van der Waals surface area contributed by atoms with Crippen LogP contribution >= 0.6 is 0 Å². The molecule has 3 amide bonds. The topological polar surface area (TPSA) is 124 Å². The standard InChI is InChI=1S/C15H14FN3O5/c16-9-3-4-11(12(17)6-9)14(21)24-8-13(20)19-15(22)18-7-10-2-1-5-23-10/h1-6H,7-8,17H2,(H2,18,19,20,22). The van der Waals surface area contributed by atoms with Gasteiger partial charge in [-0.3, -0.25) is 10.1 Å². The van der Waals surface area contributed by atoms with E-state index in [0.29, 0.717) is 5.76 Å². The molecule has 0 radical (unpaired) electrons. The number of hydrogen-bond donors (Lipinski definition) is 3. The van der Waals surface area contributed by atoms with E-state index in [1.807, 2.05) is 5.32 Å². The molecule has 0 aliphatic carbocycles. The fraction of sp³-hybridized carbons (Fsp3) is 0.133. The molecular formula is C15H14FN3O5. The summed E-state index contributed by atoms with van der Waals surface area (Å²) in [7, 11) is 0. The number of rotatable bonds is 5. The van der Waals surface area contributed by atoms with Gasteiger partial charge in [-0.1, -0.05) is 0 Å². The minimum atomic E-state index is -0.904. The Hall–Kier alpha value is -3.36. The van der Waals surface area contributed by atoms with Crippen molar-refractivity contribution in [2.75, 3.05) is 12.3 Å². The molecule has 0 aliphatic heterocycles. The number of esters is 1. The summed E-state index contributed by atoms with van der Waals surface area (Å²) >= 11 is 0. The largest absolute Gasteiger partial charge is 0.467 e. The van der Waals surface area contributed by atoms with Crippen LogP contribution in [0.3, 0.4) is 0 Å².